The van der Waals surface area contributed by atoms with Crippen molar-refractivity contribution in [1.29, 1.82) is 0 Å². The summed E-state index contributed by atoms with van der Waals surface area (Å²) in [5, 5.41) is 15.1. The molecule has 0 unspecified atom stereocenters. The van der Waals surface area contributed by atoms with Crippen molar-refractivity contribution in [2.45, 2.75) is 31.9 Å². The molecule has 0 aliphatic carbocycles. The standard InChI is InChI=1S/C16H19N3O4S/c1-11-17-15(23-19-11)6-5-14(20)18-13-4-2-3-12(9-13)10-24-8-7-16(21)22/h2-4,9H,5-8,10H2,1H3,(H,18,20)(H,21,22). The number of carboxylic acid groups (broad SMARTS) is 1. The second-order valence-electron chi connectivity index (χ2n) is 5.18. The van der Waals surface area contributed by atoms with Gasteiger partial charge in [-0.1, -0.05) is 17.3 Å². The molecule has 0 saturated heterocycles. The summed E-state index contributed by atoms with van der Waals surface area (Å²) >= 11 is 1.55. The Bertz CT molecular complexity index is 702. The summed E-state index contributed by atoms with van der Waals surface area (Å²) in [5.41, 5.74) is 1.76. The molecule has 0 atom stereocenters. The zero-order chi connectivity index (χ0) is 17.4. The van der Waals surface area contributed by atoms with Crippen LogP contribution in [0.15, 0.2) is 28.8 Å². The number of carbonyl (C=O) groups is 2. The Hall–Kier alpha value is -2.35. The van der Waals surface area contributed by atoms with Crippen LogP contribution in [0.3, 0.4) is 0 Å². The predicted octanol–water partition coefficient (Wildman–Crippen LogP) is 2.66. The molecule has 2 N–H and O–H groups in total. The van der Waals surface area contributed by atoms with Gasteiger partial charge in [-0.25, -0.2) is 0 Å². The van der Waals surface area contributed by atoms with Crippen LogP contribution in [-0.4, -0.2) is 32.9 Å². The van der Waals surface area contributed by atoms with E-state index in [9.17, 15) is 9.59 Å². The third kappa shape index (κ3) is 6.41. The highest BCUT2D eigenvalue weighted by molar-refractivity contribution is 7.98. The smallest absolute Gasteiger partial charge is 0.304 e. The number of nitrogens with zero attached hydrogens (tertiary/aromatic N) is 2. The number of carboxylic acids is 1. The first-order valence-electron chi connectivity index (χ1n) is 7.50. The lowest BCUT2D eigenvalue weighted by molar-refractivity contribution is -0.136. The van der Waals surface area contributed by atoms with Crippen molar-refractivity contribution in [1.82, 2.24) is 10.1 Å². The number of rotatable bonds is 9. The van der Waals surface area contributed by atoms with Gasteiger partial charge in [0.15, 0.2) is 5.82 Å². The molecule has 0 fully saturated rings. The fraction of sp³-hybridized carbons (Fsp3) is 0.375. The third-order valence-corrected chi connectivity index (χ3v) is 4.11. The molecule has 0 bridgehead atoms. The monoisotopic (exact) mass is 349 g/mol. The van der Waals surface area contributed by atoms with Gasteiger partial charge in [-0.15, -0.1) is 0 Å². The molecular formula is C16H19N3O4S. The molecule has 1 amide bonds. The van der Waals surface area contributed by atoms with Crippen molar-refractivity contribution in [3.8, 4) is 0 Å². The first-order valence-corrected chi connectivity index (χ1v) is 8.66. The lowest BCUT2D eigenvalue weighted by Gasteiger charge is -2.07. The molecule has 0 radical (unpaired) electrons. The SMILES string of the molecule is Cc1noc(CCC(=O)Nc2cccc(CSCCC(=O)O)c2)n1. The Morgan fingerprint density at radius 1 is 1.33 bits per heavy atom. The molecule has 128 valence electrons. The largest absolute Gasteiger partial charge is 0.481 e. The summed E-state index contributed by atoms with van der Waals surface area (Å²) < 4.78 is 4.97. The molecular weight excluding hydrogens is 330 g/mol. The number of carbonyl (C=O) groups excluding carboxylic acids is 1. The van der Waals surface area contributed by atoms with Crippen LogP contribution in [0, 0.1) is 6.92 Å². The van der Waals surface area contributed by atoms with Gasteiger partial charge < -0.3 is 14.9 Å². The van der Waals surface area contributed by atoms with Crippen LogP contribution in [0.4, 0.5) is 5.69 Å². The number of thioether (sulfide) groups is 1. The van der Waals surface area contributed by atoms with Crippen molar-refractivity contribution in [3.05, 3.63) is 41.5 Å². The molecule has 2 rings (SSSR count). The summed E-state index contributed by atoms with van der Waals surface area (Å²) in [4.78, 5) is 26.5. The Balaban J connectivity index is 1.78. The van der Waals surface area contributed by atoms with Gasteiger partial charge in [-0.3, -0.25) is 9.59 Å². The van der Waals surface area contributed by atoms with E-state index in [0.29, 0.717) is 29.6 Å². The van der Waals surface area contributed by atoms with E-state index in [1.807, 2.05) is 24.3 Å². The lowest BCUT2D eigenvalue weighted by Crippen LogP contribution is -2.12. The van der Waals surface area contributed by atoms with Gasteiger partial charge in [0, 0.05) is 30.0 Å². The van der Waals surface area contributed by atoms with E-state index in [-0.39, 0.29) is 18.7 Å². The van der Waals surface area contributed by atoms with Crippen LogP contribution >= 0.6 is 11.8 Å². The summed E-state index contributed by atoms with van der Waals surface area (Å²) in [7, 11) is 0. The highest BCUT2D eigenvalue weighted by Crippen LogP contribution is 2.17. The van der Waals surface area contributed by atoms with E-state index in [4.69, 9.17) is 9.63 Å². The Morgan fingerprint density at radius 2 is 2.17 bits per heavy atom. The number of nitrogens with one attached hydrogen (secondary N) is 1. The van der Waals surface area contributed by atoms with Crippen LogP contribution in [-0.2, 0) is 21.8 Å². The molecule has 24 heavy (non-hydrogen) atoms. The van der Waals surface area contributed by atoms with E-state index in [1.54, 1.807) is 18.7 Å². The second kappa shape index (κ2) is 9.07. The minimum absolute atomic E-state index is 0.124. The number of aromatic nitrogens is 2. The van der Waals surface area contributed by atoms with Gasteiger partial charge in [0.1, 0.15) is 0 Å². The number of aryl methyl sites for hydroxylation is 2. The maximum absolute atomic E-state index is 12.0. The molecule has 0 spiro atoms. The van der Waals surface area contributed by atoms with E-state index >= 15 is 0 Å². The molecule has 2 aromatic rings. The highest BCUT2D eigenvalue weighted by Gasteiger charge is 2.08. The first-order chi connectivity index (χ1) is 11.5. The van der Waals surface area contributed by atoms with Gasteiger partial charge in [0.25, 0.3) is 0 Å². The van der Waals surface area contributed by atoms with Crippen LogP contribution < -0.4 is 5.32 Å². The van der Waals surface area contributed by atoms with Crippen molar-refractivity contribution in [2.75, 3.05) is 11.1 Å². The van der Waals surface area contributed by atoms with Crippen molar-refractivity contribution >= 4 is 29.3 Å². The van der Waals surface area contributed by atoms with Crippen molar-refractivity contribution in [3.63, 3.8) is 0 Å². The molecule has 1 aromatic heterocycles. The van der Waals surface area contributed by atoms with E-state index in [2.05, 4.69) is 15.5 Å². The van der Waals surface area contributed by atoms with Crippen LogP contribution in [0.1, 0.15) is 30.1 Å². The van der Waals surface area contributed by atoms with Crippen LogP contribution in [0.5, 0.6) is 0 Å². The highest BCUT2D eigenvalue weighted by atomic mass is 32.2. The minimum Gasteiger partial charge on any atom is -0.481 e. The number of hydrogen-bond acceptors (Lipinski definition) is 6. The van der Waals surface area contributed by atoms with Crippen LogP contribution in [0.2, 0.25) is 0 Å². The predicted molar refractivity (Wildman–Crippen MR) is 90.8 cm³/mol. The van der Waals surface area contributed by atoms with Gasteiger partial charge in [0.05, 0.1) is 6.42 Å². The topological polar surface area (TPSA) is 105 Å². The molecule has 1 heterocycles. The normalized spacial score (nSPS) is 10.5. The molecule has 0 aliphatic heterocycles. The van der Waals surface area contributed by atoms with Gasteiger partial charge in [-0.2, -0.15) is 16.7 Å². The molecule has 7 nitrogen and oxygen atoms in total. The fourth-order valence-corrected chi connectivity index (χ4v) is 2.85. The second-order valence-corrected chi connectivity index (χ2v) is 6.29. The van der Waals surface area contributed by atoms with Crippen molar-refractivity contribution < 1.29 is 19.2 Å². The minimum atomic E-state index is -0.792. The number of aliphatic carboxylic acids is 1. The summed E-state index contributed by atoms with van der Waals surface area (Å²) in [6, 6.07) is 7.53. The van der Waals surface area contributed by atoms with E-state index in [0.717, 1.165) is 11.3 Å². The lowest BCUT2D eigenvalue weighted by atomic mass is 10.2. The maximum atomic E-state index is 12.0. The van der Waals surface area contributed by atoms with Crippen LogP contribution in [0.25, 0.3) is 0 Å². The summed E-state index contributed by atoms with van der Waals surface area (Å²) in [6.07, 6.45) is 0.812. The molecule has 1 aromatic carbocycles. The maximum Gasteiger partial charge on any atom is 0.304 e. The Labute approximate surface area is 143 Å². The zero-order valence-corrected chi connectivity index (χ0v) is 14.1. The third-order valence-electron chi connectivity index (χ3n) is 3.08. The summed E-state index contributed by atoms with van der Waals surface area (Å²) in [5.74, 6) is 1.36. The summed E-state index contributed by atoms with van der Waals surface area (Å²) in [6.45, 7) is 1.73. The molecule has 0 aliphatic rings. The fourth-order valence-electron chi connectivity index (χ4n) is 1.97. The average Bonchev–Trinajstić information content (AvgIpc) is 2.95. The van der Waals surface area contributed by atoms with E-state index < -0.39 is 5.97 Å². The Morgan fingerprint density at radius 3 is 2.88 bits per heavy atom. The number of benzene rings is 1. The first kappa shape index (κ1) is 18.0. The zero-order valence-electron chi connectivity index (χ0n) is 13.3. The average molecular weight is 349 g/mol. The van der Waals surface area contributed by atoms with E-state index in [1.165, 1.54) is 0 Å². The number of amides is 1. The number of hydrogen-bond donors (Lipinski definition) is 2. The quantitative estimate of drug-likeness (QED) is 0.670. The van der Waals surface area contributed by atoms with Gasteiger partial charge in [0.2, 0.25) is 11.8 Å². The molecule has 0 saturated carbocycles. The Kier molecular flexibility index (Phi) is 6.80. The van der Waals surface area contributed by atoms with Crippen molar-refractivity contribution in [2.24, 2.45) is 0 Å². The van der Waals surface area contributed by atoms with Gasteiger partial charge >= 0.3 is 5.97 Å². The molecule has 8 heteroatoms. The number of anilines is 1. The van der Waals surface area contributed by atoms with Gasteiger partial charge in [-0.05, 0) is 24.6 Å².